The van der Waals surface area contributed by atoms with Gasteiger partial charge in [0.25, 0.3) is 0 Å². The normalized spacial score (nSPS) is 14.5. The number of aryl methyl sites for hydroxylation is 1. The van der Waals surface area contributed by atoms with Crippen molar-refractivity contribution < 1.29 is 19.1 Å². The van der Waals surface area contributed by atoms with E-state index in [0.29, 0.717) is 43.6 Å². The van der Waals surface area contributed by atoms with Crippen molar-refractivity contribution >= 4 is 34.7 Å². The summed E-state index contributed by atoms with van der Waals surface area (Å²) in [4.78, 5) is 36.0. The van der Waals surface area contributed by atoms with Crippen molar-refractivity contribution in [3.8, 4) is 0 Å². The smallest absolute Gasteiger partial charge is 0.426 e. The van der Waals surface area contributed by atoms with Crippen molar-refractivity contribution in [1.82, 2.24) is 25.3 Å². The highest BCUT2D eigenvalue weighted by atomic mass is 16.6. The number of hydrogen-bond acceptors (Lipinski definition) is 8. The lowest BCUT2D eigenvalue weighted by atomic mass is 10.0. The number of imidazole rings is 1. The summed E-state index contributed by atoms with van der Waals surface area (Å²) in [6.45, 7) is 8.35. The number of carbonyl (C=O) groups is 2. The van der Waals surface area contributed by atoms with E-state index in [1.54, 1.807) is 0 Å². The number of morpholine rings is 1. The number of hydrazine groups is 1. The Labute approximate surface area is 210 Å². The maximum absolute atomic E-state index is 12.3. The molecule has 2 aromatic heterocycles. The quantitative estimate of drug-likeness (QED) is 0.408. The van der Waals surface area contributed by atoms with Gasteiger partial charge in [0.05, 0.1) is 24.9 Å². The molecule has 2 amide bonds. The third kappa shape index (κ3) is 5.85. The van der Waals surface area contributed by atoms with Crippen LogP contribution < -0.4 is 21.1 Å². The molecule has 11 heteroatoms. The Morgan fingerprint density at radius 1 is 1.14 bits per heavy atom. The van der Waals surface area contributed by atoms with Crippen molar-refractivity contribution in [3.63, 3.8) is 0 Å². The summed E-state index contributed by atoms with van der Waals surface area (Å²) in [7, 11) is 1.88. The first kappa shape index (κ1) is 25.2. The summed E-state index contributed by atoms with van der Waals surface area (Å²) in [6.07, 6.45) is -0.620. The lowest BCUT2D eigenvalue weighted by Crippen LogP contribution is -2.36. The molecule has 1 fully saturated rings. The van der Waals surface area contributed by atoms with E-state index < -0.39 is 6.09 Å². The van der Waals surface area contributed by atoms with Gasteiger partial charge >= 0.3 is 6.09 Å². The summed E-state index contributed by atoms with van der Waals surface area (Å²) >= 11 is 0. The zero-order chi connectivity index (χ0) is 25.7. The van der Waals surface area contributed by atoms with Crippen LogP contribution in [0.25, 0.3) is 11.2 Å². The Hall–Kier alpha value is -3.86. The zero-order valence-corrected chi connectivity index (χ0v) is 21.1. The lowest BCUT2D eigenvalue weighted by molar-refractivity contribution is -0.120. The van der Waals surface area contributed by atoms with Gasteiger partial charge in [0.1, 0.15) is 23.8 Å². The standard InChI is InChI=1S/C25H33N7O4/c1-16(2)21(26-17(3)33)23-28-22-19(32-10-12-35-13-11-32)14-20(27-24(22)31(23)4)29-30-25(34)36-15-18-8-6-5-7-9-18/h5-9,14,16,21H,10-13,15H2,1-4H3,(H,26,33)(H,27,29)(H,30,34)/t21-/m0/s1. The second kappa shape index (κ2) is 11.3. The molecular weight excluding hydrogens is 462 g/mol. The van der Waals surface area contributed by atoms with Gasteiger partial charge in [-0.3, -0.25) is 10.2 Å². The van der Waals surface area contributed by atoms with Gasteiger partial charge < -0.3 is 24.3 Å². The van der Waals surface area contributed by atoms with Gasteiger partial charge in [-0.05, 0) is 11.5 Å². The SMILES string of the molecule is CC(=O)N[C@H](c1nc2c(N3CCOCC3)cc(NNC(=O)OCc3ccccc3)nc2n1C)C(C)C. The zero-order valence-electron chi connectivity index (χ0n) is 21.1. The van der Waals surface area contributed by atoms with Crippen LogP contribution in [0.1, 0.15) is 38.2 Å². The maximum Gasteiger partial charge on any atom is 0.426 e. The lowest BCUT2D eigenvalue weighted by Gasteiger charge is -2.29. The van der Waals surface area contributed by atoms with Crippen molar-refractivity contribution in [2.45, 2.75) is 33.4 Å². The monoisotopic (exact) mass is 495 g/mol. The minimum Gasteiger partial charge on any atom is -0.443 e. The largest absolute Gasteiger partial charge is 0.443 e. The Bertz CT molecular complexity index is 1210. The van der Waals surface area contributed by atoms with E-state index in [2.05, 4.69) is 21.1 Å². The molecular formula is C25H33N7O4. The average molecular weight is 496 g/mol. The summed E-state index contributed by atoms with van der Waals surface area (Å²) in [5.41, 5.74) is 8.54. The molecule has 3 heterocycles. The Kier molecular flexibility index (Phi) is 7.89. The van der Waals surface area contributed by atoms with Crippen LogP contribution in [0, 0.1) is 5.92 Å². The Balaban J connectivity index is 1.61. The van der Waals surface area contributed by atoms with Gasteiger partial charge in [0.2, 0.25) is 5.91 Å². The molecule has 11 nitrogen and oxygen atoms in total. The van der Waals surface area contributed by atoms with Crippen LogP contribution in [0.2, 0.25) is 0 Å². The molecule has 0 saturated carbocycles. The van der Waals surface area contributed by atoms with Crippen LogP contribution in [-0.4, -0.2) is 52.8 Å². The fourth-order valence-electron chi connectivity index (χ4n) is 4.16. The van der Waals surface area contributed by atoms with E-state index in [0.717, 1.165) is 16.8 Å². The molecule has 3 aromatic rings. The number of hydrogen-bond donors (Lipinski definition) is 3. The fraction of sp³-hybridized carbons (Fsp3) is 0.440. The van der Waals surface area contributed by atoms with E-state index in [1.165, 1.54) is 6.92 Å². The minimum absolute atomic E-state index is 0.120. The number of rotatable bonds is 8. The third-order valence-electron chi connectivity index (χ3n) is 6.00. The number of anilines is 2. The molecule has 1 saturated heterocycles. The van der Waals surface area contributed by atoms with E-state index in [9.17, 15) is 9.59 Å². The van der Waals surface area contributed by atoms with Crippen molar-refractivity contribution in [2.75, 3.05) is 36.6 Å². The number of pyridine rings is 1. The number of aromatic nitrogens is 3. The number of nitrogens with zero attached hydrogens (tertiary/aromatic N) is 4. The fourth-order valence-corrected chi connectivity index (χ4v) is 4.16. The predicted octanol–water partition coefficient (Wildman–Crippen LogP) is 2.89. The Morgan fingerprint density at radius 3 is 2.53 bits per heavy atom. The summed E-state index contributed by atoms with van der Waals surface area (Å²) in [5.74, 6) is 1.15. The molecule has 192 valence electrons. The van der Waals surface area contributed by atoms with Crippen LogP contribution in [0.15, 0.2) is 36.4 Å². The summed E-state index contributed by atoms with van der Waals surface area (Å²) < 4.78 is 12.7. The molecule has 1 aliphatic rings. The second-order valence-corrected chi connectivity index (χ2v) is 9.06. The highest BCUT2D eigenvalue weighted by Gasteiger charge is 2.26. The van der Waals surface area contributed by atoms with Crippen LogP contribution >= 0.6 is 0 Å². The van der Waals surface area contributed by atoms with Crippen molar-refractivity contribution in [3.05, 3.63) is 47.8 Å². The number of nitrogens with one attached hydrogen (secondary N) is 3. The molecule has 1 aliphatic heterocycles. The van der Waals surface area contributed by atoms with Gasteiger partial charge in [0, 0.05) is 33.1 Å². The van der Waals surface area contributed by atoms with E-state index in [-0.39, 0.29) is 24.5 Å². The van der Waals surface area contributed by atoms with E-state index in [1.807, 2.05) is 61.9 Å². The minimum atomic E-state index is -0.620. The van der Waals surface area contributed by atoms with Crippen LogP contribution in [0.3, 0.4) is 0 Å². The second-order valence-electron chi connectivity index (χ2n) is 9.06. The van der Waals surface area contributed by atoms with E-state index >= 15 is 0 Å². The van der Waals surface area contributed by atoms with Crippen LogP contribution in [-0.2, 0) is 27.9 Å². The average Bonchev–Trinajstić information content (AvgIpc) is 3.21. The van der Waals surface area contributed by atoms with Crippen LogP contribution in [0.5, 0.6) is 0 Å². The first-order valence-electron chi connectivity index (χ1n) is 12.0. The predicted molar refractivity (Wildman–Crippen MR) is 136 cm³/mol. The Morgan fingerprint density at radius 2 is 1.86 bits per heavy atom. The molecule has 0 radical (unpaired) electrons. The number of fused-ring (bicyclic) bond motifs is 1. The number of ether oxygens (including phenoxy) is 2. The van der Waals surface area contributed by atoms with Gasteiger partial charge in [-0.15, -0.1) is 0 Å². The maximum atomic E-state index is 12.3. The topological polar surface area (TPSA) is 123 Å². The molecule has 1 atom stereocenters. The highest BCUT2D eigenvalue weighted by molar-refractivity contribution is 5.89. The molecule has 0 aliphatic carbocycles. The molecule has 0 unspecified atom stereocenters. The number of benzene rings is 1. The molecule has 0 spiro atoms. The van der Waals surface area contributed by atoms with Crippen molar-refractivity contribution in [2.24, 2.45) is 13.0 Å². The van der Waals surface area contributed by atoms with E-state index in [4.69, 9.17) is 19.4 Å². The van der Waals surface area contributed by atoms with Gasteiger partial charge in [-0.1, -0.05) is 44.2 Å². The van der Waals surface area contributed by atoms with Crippen LogP contribution in [0.4, 0.5) is 16.3 Å². The first-order chi connectivity index (χ1) is 17.3. The first-order valence-corrected chi connectivity index (χ1v) is 12.0. The molecule has 3 N–H and O–H groups in total. The molecule has 36 heavy (non-hydrogen) atoms. The van der Waals surface area contributed by atoms with Gasteiger partial charge in [-0.25, -0.2) is 20.2 Å². The van der Waals surface area contributed by atoms with Gasteiger partial charge in [-0.2, -0.15) is 0 Å². The highest BCUT2D eigenvalue weighted by Crippen LogP contribution is 2.32. The molecule has 4 rings (SSSR count). The number of amides is 2. The van der Waals surface area contributed by atoms with Crippen molar-refractivity contribution in [1.29, 1.82) is 0 Å². The third-order valence-corrected chi connectivity index (χ3v) is 6.00. The molecule has 1 aromatic carbocycles. The molecule has 0 bridgehead atoms. The summed E-state index contributed by atoms with van der Waals surface area (Å²) in [5, 5.41) is 3.01. The number of carbonyl (C=O) groups excluding carboxylic acids is 2. The summed E-state index contributed by atoms with van der Waals surface area (Å²) in [6, 6.07) is 11.0. The van der Waals surface area contributed by atoms with Gasteiger partial charge in [0.15, 0.2) is 5.65 Å².